The standard InChI is InChI=1S/C20H18F3N3O3/c21-20(22,23)12-3-1-4-14(9-12)29-11-18(27)24-13-6-7-15-16(10-13)26-19(25-15)17-5-2-8-28-17/h1,3-4,6-7,9-10,17H,2,5,8,11H2,(H,24,27)(H,25,26). The van der Waals surface area contributed by atoms with Gasteiger partial charge in [-0.05, 0) is 49.2 Å². The molecular formula is C20H18F3N3O3. The topological polar surface area (TPSA) is 76.2 Å². The number of H-pyrrole nitrogens is 1. The van der Waals surface area contributed by atoms with Gasteiger partial charge < -0.3 is 19.8 Å². The van der Waals surface area contributed by atoms with Crippen LogP contribution in [-0.2, 0) is 15.7 Å². The number of hydrogen-bond donors (Lipinski definition) is 2. The molecular weight excluding hydrogens is 387 g/mol. The van der Waals surface area contributed by atoms with E-state index in [2.05, 4.69) is 15.3 Å². The number of rotatable bonds is 5. The lowest BCUT2D eigenvalue weighted by Gasteiger charge is -2.10. The van der Waals surface area contributed by atoms with Crippen molar-refractivity contribution in [3.63, 3.8) is 0 Å². The quantitative estimate of drug-likeness (QED) is 0.658. The molecule has 1 atom stereocenters. The van der Waals surface area contributed by atoms with Gasteiger partial charge in [0.15, 0.2) is 6.61 Å². The van der Waals surface area contributed by atoms with Crippen LogP contribution in [0.5, 0.6) is 5.75 Å². The van der Waals surface area contributed by atoms with Gasteiger partial charge in [0.05, 0.1) is 16.6 Å². The first-order chi connectivity index (χ1) is 13.9. The number of amides is 1. The number of nitrogens with one attached hydrogen (secondary N) is 2. The number of halogens is 3. The molecule has 1 fully saturated rings. The van der Waals surface area contributed by atoms with Gasteiger partial charge in [0.25, 0.3) is 5.91 Å². The van der Waals surface area contributed by atoms with Crippen LogP contribution in [0, 0.1) is 0 Å². The Hall–Kier alpha value is -3.07. The zero-order valence-electron chi connectivity index (χ0n) is 15.3. The first-order valence-electron chi connectivity index (χ1n) is 9.10. The summed E-state index contributed by atoms with van der Waals surface area (Å²) in [5.41, 5.74) is 1.21. The number of ether oxygens (including phenoxy) is 2. The summed E-state index contributed by atoms with van der Waals surface area (Å²) in [6.45, 7) is 0.304. The van der Waals surface area contributed by atoms with Gasteiger partial charge >= 0.3 is 6.18 Å². The van der Waals surface area contributed by atoms with E-state index in [0.29, 0.717) is 5.69 Å². The lowest BCUT2D eigenvalue weighted by molar-refractivity contribution is -0.137. The number of imidazole rings is 1. The average molecular weight is 405 g/mol. The van der Waals surface area contributed by atoms with Crippen molar-refractivity contribution in [2.45, 2.75) is 25.1 Å². The zero-order chi connectivity index (χ0) is 20.4. The third-order valence-electron chi connectivity index (χ3n) is 4.55. The van der Waals surface area contributed by atoms with E-state index in [1.54, 1.807) is 18.2 Å². The second-order valence-corrected chi connectivity index (χ2v) is 6.72. The Kier molecular flexibility index (Phi) is 5.14. The summed E-state index contributed by atoms with van der Waals surface area (Å²) in [6, 6.07) is 9.61. The number of anilines is 1. The Bertz CT molecular complexity index is 1030. The molecule has 1 aliphatic rings. The van der Waals surface area contributed by atoms with Crippen molar-refractivity contribution in [2.75, 3.05) is 18.5 Å². The molecule has 0 aliphatic carbocycles. The molecule has 0 saturated carbocycles. The Labute approximate surface area is 164 Å². The van der Waals surface area contributed by atoms with Gasteiger partial charge in [0, 0.05) is 12.3 Å². The zero-order valence-corrected chi connectivity index (χ0v) is 15.3. The van der Waals surface area contributed by atoms with E-state index < -0.39 is 24.3 Å². The molecule has 1 unspecified atom stereocenters. The summed E-state index contributed by atoms with van der Waals surface area (Å²) in [5.74, 6) is 0.245. The fourth-order valence-corrected chi connectivity index (χ4v) is 3.16. The lowest BCUT2D eigenvalue weighted by atomic mass is 10.2. The average Bonchev–Trinajstić information content (AvgIpc) is 3.35. The highest BCUT2D eigenvalue weighted by molar-refractivity contribution is 5.94. The number of carbonyl (C=O) groups excluding carboxylic acids is 1. The highest BCUT2D eigenvalue weighted by Crippen LogP contribution is 2.31. The number of carbonyl (C=O) groups is 1. The molecule has 4 rings (SSSR count). The monoisotopic (exact) mass is 405 g/mol. The van der Waals surface area contributed by atoms with Gasteiger partial charge in [-0.3, -0.25) is 4.79 Å². The van der Waals surface area contributed by atoms with Gasteiger partial charge in [-0.25, -0.2) is 4.98 Å². The van der Waals surface area contributed by atoms with E-state index in [4.69, 9.17) is 9.47 Å². The van der Waals surface area contributed by atoms with Crippen LogP contribution in [0.3, 0.4) is 0 Å². The van der Waals surface area contributed by atoms with Crippen molar-refractivity contribution in [3.8, 4) is 5.75 Å². The predicted molar refractivity (Wildman–Crippen MR) is 99.6 cm³/mol. The van der Waals surface area contributed by atoms with E-state index in [9.17, 15) is 18.0 Å². The maximum absolute atomic E-state index is 12.7. The van der Waals surface area contributed by atoms with E-state index in [-0.39, 0.29) is 11.9 Å². The molecule has 0 radical (unpaired) electrons. The summed E-state index contributed by atoms with van der Waals surface area (Å²) in [4.78, 5) is 19.8. The number of hydrogen-bond acceptors (Lipinski definition) is 4. The summed E-state index contributed by atoms with van der Waals surface area (Å²) >= 11 is 0. The number of nitrogens with zero attached hydrogens (tertiary/aromatic N) is 1. The number of alkyl halides is 3. The first kappa shape index (κ1) is 19.3. The molecule has 2 N–H and O–H groups in total. The maximum atomic E-state index is 12.7. The minimum atomic E-state index is -4.47. The summed E-state index contributed by atoms with van der Waals surface area (Å²) in [5, 5.41) is 2.66. The van der Waals surface area contributed by atoms with Crippen molar-refractivity contribution < 1.29 is 27.4 Å². The summed E-state index contributed by atoms with van der Waals surface area (Å²) in [7, 11) is 0. The van der Waals surface area contributed by atoms with E-state index in [1.165, 1.54) is 12.1 Å². The summed E-state index contributed by atoms with van der Waals surface area (Å²) in [6.07, 6.45) is -2.60. The molecule has 1 saturated heterocycles. The van der Waals surface area contributed by atoms with Crippen LogP contribution in [0.2, 0.25) is 0 Å². The Balaban J connectivity index is 1.38. The summed E-state index contributed by atoms with van der Waals surface area (Å²) < 4.78 is 49.0. The fourth-order valence-electron chi connectivity index (χ4n) is 3.16. The maximum Gasteiger partial charge on any atom is 0.416 e. The predicted octanol–water partition coefficient (Wildman–Crippen LogP) is 4.45. The Morgan fingerprint density at radius 1 is 1.28 bits per heavy atom. The molecule has 2 heterocycles. The van der Waals surface area contributed by atoms with Gasteiger partial charge in [-0.1, -0.05) is 6.07 Å². The van der Waals surface area contributed by atoms with Gasteiger partial charge in [0.1, 0.15) is 17.7 Å². The van der Waals surface area contributed by atoms with Gasteiger partial charge in [-0.2, -0.15) is 13.2 Å². The smallest absolute Gasteiger partial charge is 0.416 e. The molecule has 152 valence electrons. The van der Waals surface area contributed by atoms with Crippen molar-refractivity contribution in [1.82, 2.24) is 9.97 Å². The third-order valence-corrected chi connectivity index (χ3v) is 4.55. The second kappa shape index (κ2) is 7.75. The van der Waals surface area contributed by atoms with Crippen molar-refractivity contribution in [3.05, 3.63) is 53.9 Å². The van der Waals surface area contributed by atoms with Gasteiger partial charge in [-0.15, -0.1) is 0 Å². The first-order valence-corrected chi connectivity index (χ1v) is 9.10. The third kappa shape index (κ3) is 4.51. The molecule has 1 aromatic heterocycles. The molecule has 1 amide bonds. The highest BCUT2D eigenvalue weighted by atomic mass is 19.4. The molecule has 3 aromatic rings. The molecule has 1 aliphatic heterocycles. The Morgan fingerprint density at radius 3 is 2.90 bits per heavy atom. The highest BCUT2D eigenvalue weighted by Gasteiger charge is 2.30. The van der Waals surface area contributed by atoms with Crippen molar-refractivity contribution in [2.24, 2.45) is 0 Å². The van der Waals surface area contributed by atoms with Crippen LogP contribution >= 0.6 is 0 Å². The van der Waals surface area contributed by atoms with Crippen LogP contribution in [0.25, 0.3) is 11.0 Å². The van der Waals surface area contributed by atoms with E-state index >= 15 is 0 Å². The molecule has 0 bridgehead atoms. The Morgan fingerprint density at radius 2 is 2.14 bits per heavy atom. The largest absolute Gasteiger partial charge is 0.484 e. The van der Waals surface area contributed by atoms with E-state index in [1.807, 2.05) is 0 Å². The number of benzene rings is 2. The van der Waals surface area contributed by atoms with Gasteiger partial charge in [0.2, 0.25) is 0 Å². The minimum absolute atomic E-state index is 0.0276. The van der Waals surface area contributed by atoms with Crippen molar-refractivity contribution >= 4 is 22.6 Å². The lowest BCUT2D eigenvalue weighted by Crippen LogP contribution is -2.20. The van der Waals surface area contributed by atoms with Crippen LogP contribution < -0.4 is 10.1 Å². The van der Waals surface area contributed by atoms with Crippen LogP contribution in [0.1, 0.15) is 30.3 Å². The number of aromatic nitrogens is 2. The number of fused-ring (bicyclic) bond motifs is 1. The SMILES string of the molecule is O=C(COc1cccc(C(F)(F)F)c1)Nc1ccc2nc(C3CCCO3)[nH]c2c1. The van der Waals surface area contributed by atoms with E-state index in [0.717, 1.165) is 48.4 Å². The molecule has 6 nitrogen and oxygen atoms in total. The molecule has 2 aromatic carbocycles. The van der Waals surface area contributed by atoms with Crippen LogP contribution in [0.15, 0.2) is 42.5 Å². The molecule has 29 heavy (non-hydrogen) atoms. The second-order valence-electron chi connectivity index (χ2n) is 6.72. The number of aromatic amines is 1. The minimum Gasteiger partial charge on any atom is -0.484 e. The fraction of sp³-hybridized carbons (Fsp3) is 0.300. The van der Waals surface area contributed by atoms with Crippen LogP contribution in [0.4, 0.5) is 18.9 Å². The van der Waals surface area contributed by atoms with Crippen molar-refractivity contribution in [1.29, 1.82) is 0 Å². The van der Waals surface area contributed by atoms with Crippen LogP contribution in [-0.4, -0.2) is 29.1 Å². The molecule has 0 spiro atoms. The molecule has 9 heteroatoms. The normalized spacial score (nSPS) is 16.9.